The molecule has 0 bridgehead atoms. The fraction of sp³-hybridized carbons (Fsp3) is 0.444. The summed E-state index contributed by atoms with van der Waals surface area (Å²) in [5.74, 6) is 0.870. The number of amides is 2. The first kappa shape index (κ1) is 16.8. The van der Waals surface area contributed by atoms with Crippen LogP contribution in [-0.2, 0) is 6.54 Å². The van der Waals surface area contributed by atoms with Gasteiger partial charge in [0, 0.05) is 11.9 Å². The number of aromatic nitrogens is 1. The number of carbonyl (C=O) groups excluding carboxylic acids is 1. The summed E-state index contributed by atoms with van der Waals surface area (Å²) in [6, 6.07) is 8.20. The molecule has 2 amide bonds. The third-order valence-electron chi connectivity index (χ3n) is 4.18. The van der Waals surface area contributed by atoms with Gasteiger partial charge in [0.1, 0.15) is 5.75 Å². The van der Waals surface area contributed by atoms with Gasteiger partial charge in [0.2, 0.25) is 0 Å². The molecule has 1 fully saturated rings. The number of nitrogens with one attached hydrogen (secondary N) is 1. The highest BCUT2D eigenvalue weighted by Gasteiger charge is 2.29. The Morgan fingerprint density at radius 1 is 1.42 bits per heavy atom. The molecule has 0 aliphatic carbocycles. The molecule has 2 aromatic rings. The molecule has 0 radical (unpaired) electrons. The van der Waals surface area contributed by atoms with E-state index in [1.807, 2.05) is 36.3 Å². The molecule has 1 aliphatic heterocycles. The van der Waals surface area contributed by atoms with Gasteiger partial charge in [0.05, 0.1) is 29.9 Å². The van der Waals surface area contributed by atoms with E-state index in [0.717, 1.165) is 41.4 Å². The van der Waals surface area contributed by atoms with Crippen molar-refractivity contribution in [3.05, 3.63) is 45.9 Å². The zero-order valence-corrected chi connectivity index (χ0v) is 14.9. The minimum Gasteiger partial charge on any atom is -0.494 e. The molecule has 24 heavy (non-hydrogen) atoms. The maximum atomic E-state index is 12.5. The van der Waals surface area contributed by atoms with Crippen molar-refractivity contribution in [2.45, 2.75) is 39.3 Å². The van der Waals surface area contributed by atoms with Crippen LogP contribution in [0.1, 0.15) is 42.1 Å². The molecular weight excluding hydrogens is 322 g/mol. The molecule has 1 N–H and O–H groups in total. The molecule has 5 nitrogen and oxygen atoms in total. The summed E-state index contributed by atoms with van der Waals surface area (Å²) in [4.78, 5) is 18.9. The van der Waals surface area contributed by atoms with Crippen LogP contribution < -0.4 is 10.1 Å². The third-order valence-corrected chi connectivity index (χ3v) is 5.00. The molecule has 0 saturated carbocycles. The second-order valence-electron chi connectivity index (χ2n) is 5.87. The number of likely N-dealkylation sites (tertiary alicyclic amines) is 1. The Morgan fingerprint density at radius 2 is 2.21 bits per heavy atom. The molecule has 0 spiro atoms. The number of hydrogen-bond donors (Lipinski definition) is 1. The van der Waals surface area contributed by atoms with Crippen LogP contribution in [0.15, 0.2) is 29.6 Å². The monoisotopic (exact) mass is 345 g/mol. The van der Waals surface area contributed by atoms with Gasteiger partial charge < -0.3 is 15.0 Å². The van der Waals surface area contributed by atoms with E-state index in [1.54, 1.807) is 11.3 Å². The first-order valence-electron chi connectivity index (χ1n) is 8.35. The summed E-state index contributed by atoms with van der Waals surface area (Å²) < 4.78 is 5.49. The number of nitrogens with zero attached hydrogens (tertiary/aromatic N) is 2. The van der Waals surface area contributed by atoms with E-state index in [9.17, 15) is 4.79 Å². The first-order chi connectivity index (χ1) is 11.7. The topological polar surface area (TPSA) is 54.5 Å². The summed E-state index contributed by atoms with van der Waals surface area (Å²) >= 11 is 1.60. The molecule has 1 aromatic heterocycles. The molecule has 6 heteroatoms. The summed E-state index contributed by atoms with van der Waals surface area (Å²) in [5, 5.41) is 6.00. The van der Waals surface area contributed by atoms with E-state index >= 15 is 0 Å². The number of thiazole rings is 1. The quantitative estimate of drug-likeness (QED) is 0.894. The Bertz CT molecular complexity index is 684. The van der Waals surface area contributed by atoms with E-state index in [4.69, 9.17) is 4.74 Å². The molecule has 2 heterocycles. The molecule has 3 rings (SSSR count). The van der Waals surface area contributed by atoms with Crippen molar-refractivity contribution in [3.8, 4) is 5.75 Å². The van der Waals surface area contributed by atoms with Crippen LogP contribution in [0.3, 0.4) is 0 Å². The average molecular weight is 345 g/mol. The van der Waals surface area contributed by atoms with E-state index in [2.05, 4.69) is 22.4 Å². The van der Waals surface area contributed by atoms with Gasteiger partial charge in [-0.05, 0) is 44.4 Å². The SMILES string of the molecule is CCOc1ccc([C@@H]2CCCN2C(=O)NCc2csc(C)n2)cc1. The summed E-state index contributed by atoms with van der Waals surface area (Å²) in [6.45, 7) is 5.88. The highest BCUT2D eigenvalue weighted by molar-refractivity contribution is 7.09. The Balaban J connectivity index is 1.62. The zero-order valence-electron chi connectivity index (χ0n) is 14.1. The Hall–Kier alpha value is -2.08. The van der Waals surface area contributed by atoms with Crippen LogP contribution in [0.2, 0.25) is 0 Å². The number of hydrogen-bond acceptors (Lipinski definition) is 4. The second-order valence-corrected chi connectivity index (χ2v) is 6.93. The van der Waals surface area contributed by atoms with Crippen LogP contribution in [0, 0.1) is 6.92 Å². The highest BCUT2D eigenvalue weighted by Crippen LogP contribution is 2.32. The van der Waals surface area contributed by atoms with Crippen molar-refractivity contribution in [1.29, 1.82) is 0 Å². The van der Waals surface area contributed by atoms with E-state index < -0.39 is 0 Å². The number of benzene rings is 1. The van der Waals surface area contributed by atoms with Crippen LogP contribution in [0.25, 0.3) is 0 Å². The normalized spacial score (nSPS) is 17.1. The van der Waals surface area contributed by atoms with Crippen LogP contribution in [0.4, 0.5) is 4.79 Å². The fourth-order valence-electron chi connectivity index (χ4n) is 3.07. The molecule has 0 unspecified atom stereocenters. The maximum absolute atomic E-state index is 12.5. The minimum absolute atomic E-state index is 0.0166. The third kappa shape index (κ3) is 3.87. The Kier molecular flexibility index (Phi) is 5.35. The van der Waals surface area contributed by atoms with Crippen molar-refractivity contribution in [2.75, 3.05) is 13.2 Å². The standard InChI is InChI=1S/C18H23N3O2S/c1-3-23-16-8-6-14(7-9-16)17-5-4-10-21(17)18(22)19-11-15-12-24-13(2)20-15/h6-9,12,17H,3-5,10-11H2,1-2H3,(H,19,22)/t17-/m0/s1. The van der Waals surface area contributed by atoms with E-state index in [0.29, 0.717) is 13.2 Å². The van der Waals surface area contributed by atoms with Gasteiger partial charge in [-0.15, -0.1) is 11.3 Å². The molecule has 1 aliphatic rings. The van der Waals surface area contributed by atoms with Crippen molar-refractivity contribution < 1.29 is 9.53 Å². The van der Waals surface area contributed by atoms with E-state index in [1.165, 1.54) is 0 Å². The number of ether oxygens (including phenoxy) is 1. The largest absolute Gasteiger partial charge is 0.494 e. The van der Waals surface area contributed by atoms with Crippen LogP contribution in [-0.4, -0.2) is 29.1 Å². The fourth-order valence-corrected chi connectivity index (χ4v) is 3.68. The van der Waals surface area contributed by atoms with Crippen LogP contribution >= 0.6 is 11.3 Å². The molecule has 1 atom stereocenters. The van der Waals surface area contributed by atoms with E-state index in [-0.39, 0.29) is 12.1 Å². The zero-order chi connectivity index (χ0) is 16.9. The molecular formula is C18H23N3O2S. The van der Waals surface area contributed by atoms with Crippen molar-refractivity contribution in [3.63, 3.8) is 0 Å². The minimum atomic E-state index is -0.0166. The van der Waals surface area contributed by atoms with Crippen LogP contribution in [0.5, 0.6) is 5.75 Å². The van der Waals surface area contributed by atoms with Gasteiger partial charge in [-0.2, -0.15) is 0 Å². The predicted octanol–water partition coefficient (Wildman–Crippen LogP) is 3.90. The van der Waals surface area contributed by atoms with Crippen molar-refractivity contribution in [1.82, 2.24) is 15.2 Å². The number of rotatable bonds is 5. The van der Waals surface area contributed by atoms with Gasteiger partial charge in [-0.25, -0.2) is 9.78 Å². The Morgan fingerprint density at radius 3 is 2.88 bits per heavy atom. The molecule has 128 valence electrons. The van der Waals surface area contributed by atoms with Gasteiger partial charge in [-0.3, -0.25) is 0 Å². The number of aryl methyl sites for hydroxylation is 1. The lowest BCUT2D eigenvalue weighted by atomic mass is 10.0. The van der Waals surface area contributed by atoms with Gasteiger partial charge in [0.15, 0.2) is 0 Å². The number of carbonyl (C=O) groups is 1. The van der Waals surface area contributed by atoms with Crippen molar-refractivity contribution in [2.24, 2.45) is 0 Å². The van der Waals surface area contributed by atoms with Gasteiger partial charge >= 0.3 is 6.03 Å². The van der Waals surface area contributed by atoms with Gasteiger partial charge in [0.25, 0.3) is 0 Å². The summed E-state index contributed by atoms with van der Waals surface area (Å²) in [6.07, 6.45) is 2.03. The molecule has 1 aromatic carbocycles. The number of urea groups is 1. The highest BCUT2D eigenvalue weighted by atomic mass is 32.1. The maximum Gasteiger partial charge on any atom is 0.318 e. The summed E-state index contributed by atoms with van der Waals surface area (Å²) in [5.41, 5.74) is 2.08. The molecule has 1 saturated heterocycles. The lowest BCUT2D eigenvalue weighted by Crippen LogP contribution is -2.39. The summed E-state index contributed by atoms with van der Waals surface area (Å²) in [7, 11) is 0. The average Bonchev–Trinajstić information content (AvgIpc) is 3.23. The first-order valence-corrected chi connectivity index (χ1v) is 9.23. The predicted molar refractivity (Wildman–Crippen MR) is 95.4 cm³/mol. The second kappa shape index (κ2) is 7.66. The lowest BCUT2D eigenvalue weighted by Gasteiger charge is -2.25. The lowest BCUT2D eigenvalue weighted by molar-refractivity contribution is 0.192. The van der Waals surface area contributed by atoms with Gasteiger partial charge in [-0.1, -0.05) is 12.1 Å². The Labute approximate surface area is 146 Å². The van der Waals surface area contributed by atoms with Crippen molar-refractivity contribution >= 4 is 17.4 Å². The smallest absolute Gasteiger partial charge is 0.318 e.